The minimum atomic E-state index is -0.452. The molecule has 3 aromatic rings. The van der Waals surface area contributed by atoms with E-state index >= 15 is 0 Å². The Balaban J connectivity index is 1.91. The number of anilines is 1. The van der Waals surface area contributed by atoms with Crippen molar-refractivity contribution >= 4 is 29.3 Å². The molecule has 0 spiro atoms. The van der Waals surface area contributed by atoms with E-state index < -0.39 is 5.91 Å². The Morgan fingerprint density at radius 2 is 1.59 bits per heavy atom. The zero-order valence-corrected chi connectivity index (χ0v) is 16.1. The van der Waals surface area contributed by atoms with E-state index in [4.69, 9.17) is 4.74 Å². The van der Waals surface area contributed by atoms with Gasteiger partial charge in [-0.2, -0.15) is 0 Å². The van der Waals surface area contributed by atoms with Gasteiger partial charge in [0.15, 0.2) is 0 Å². The predicted octanol–water partition coefficient (Wildman–Crippen LogP) is 5.40. The second-order valence-electron chi connectivity index (χ2n) is 6.13. The Labute approximate surface area is 170 Å². The number of nitrogens with one attached hydrogen (secondary N) is 1. The Bertz CT molecular complexity index is 995. The van der Waals surface area contributed by atoms with Crippen LogP contribution in [0.3, 0.4) is 0 Å². The molecule has 0 aliphatic heterocycles. The van der Waals surface area contributed by atoms with Crippen LogP contribution in [0, 0.1) is 0 Å². The third-order valence-electron chi connectivity index (χ3n) is 4.07. The standard InChI is InChI=1S/C24H22N2O3/c1-2-29-21-15-13-19(14-16-21)25-17-22(23(27)18-9-5-3-6-10-18)24(28)26-20-11-7-4-8-12-20/h3-17,27H,2H2,1H3,(H,26,28). The normalized spacial score (nSPS) is 11.8. The molecule has 3 rings (SSSR count). The van der Waals surface area contributed by atoms with Gasteiger partial charge in [0.25, 0.3) is 5.91 Å². The molecule has 0 bridgehead atoms. The van der Waals surface area contributed by atoms with Gasteiger partial charge >= 0.3 is 0 Å². The predicted molar refractivity (Wildman–Crippen MR) is 117 cm³/mol. The summed E-state index contributed by atoms with van der Waals surface area (Å²) in [5.74, 6) is 0.150. The van der Waals surface area contributed by atoms with Gasteiger partial charge in [0.1, 0.15) is 17.1 Å². The van der Waals surface area contributed by atoms with E-state index in [0.29, 0.717) is 23.5 Å². The van der Waals surface area contributed by atoms with Gasteiger partial charge in [0.05, 0.1) is 12.3 Å². The molecular weight excluding hydrogens is 364 g/mol. The zero-order chi connectivity index (χ0) is 20.5. The number of benzene rings is 3. The van der Waals surface area contributed by atoms with Crippen LogP contribution in [0.4, 0.5) is 11.4 Å². The molecule has 3 aromatic carbocycles. The molecule has 0 heterocycles. The molecule has 5 nitrogen and oxygen atoms in total. The van der Waals surface area contributed by atoms with Crippen molar-refractivity contribution in [2.24, 2.45) is 4.99 Å². The average Bonchev–Trinajstić information content (AvgIpc) is 2.76. The van der Waals surface area contributed by atoms with E-state index in [2.05, 4.69) is 10.3 Å². The van der Waals surface area contributed by atoms with Crippen LogP contribution in [0.25, 0.3) is 5.76 Å². The second kappa shape index (κ2) is 9.90. The molecule has 1 amide bonds. The van der Waals surface area contributed by atoms with Gasteiger partial charge in [-0.1, -0.05) is 48.5 Å². The van der Waals surface area contributed by atoms with Gasteiger partial charge in [-0.25, -0.2) is 0 Å². The number of nitrogens with zero attached hydrogens (tertiary/aromatic N) is 1. The molecule has 5 heteroatoms. The summed E-state index contributed by atoms with van der Waals surface area (Å²) in [6.07, 6.45) is 1.37. The van der Waals surface area contributed by atoms with E-state index in [1.54, 1.807) is 60.7 Å². The lowest BCUT2D eigenvalue weighted by atomic mass is 10.1. The topological polar surface area (TPSA) is 70.9 Å². The fourth-order valence-corrected chi connectivity index (χ4v) is 2.63. The third-order valence-corrected chi connectivity index (χ3v) is 4.07. The molecular formula is C24H22N2O3. The van der Waals surface area contributed by atoms with Crippen LogP contribution >= 0.6 is 0 Å². The van der Waals surface area contributed by atoms with Crippen molar-refractivity contribution in [1.82, 2.24) is 0 Å². The number of aliphatic imine (C=N–C) groups is 1. The van der Waals surface area contributed by atoms with Crippen molar-refractivity contribution in [3.63, 3.8) is 0 Å². The van der Waals surface area contributed by atoms with Crippen LogP contribution < -0.4 is 10.1 Å². The highest BCUT2D eigenvalue weighted by atomic mass is 16.5. The van der Waals surface area contributed by atoms with Crippen molar-refractivity contribution in [1.29, 1.82) is 0 Å². The molecule has 146 valence electrons. The van der Waals surface area contributed by atoms with Crippen LogP contribution in [-0.2, 0) is 4.79 Å². The molecule has 0 unspecified atom stereocenters. The van der Waals surface area contributed by atoms with Gasteiger partial charge < -0.3 is 15.2 Å². The van der Waals surface area contributed by atoms with E-state index in [-0.39, 0.29) is 11.3 Å². The van der Waals surface area contributed by atoms with Gasteiger partial charge in [0, 0.05) is 17.5 Å². The van der Waals surface area contributed by atoms with Gasteiger partial charge in [-0.05, 0) is 43.3 Å². The number of aliphatic hydroxyl groups is 1. The average molecular weight is 386 g/mol. The molecule has 0 atom stereocenters. The second-order valence-corrected chi connectivity index (χ2v) is 6.13. The number of hydrogen-bond donors (Lipinski definition) is 2. The molecule has 29 heavy (non-hydrogen) atoms. The molecule has 2 N–H and O–H groups in total. The summed E-state index contributed by atoms with van der Waals surface area (Å²) in [7, 11) is 0. The van der Waals surface area contributed by atoms with Gasteiger partial charge in [0.2, 0.25) is 0 Å². The van der Waals surface area contributed by atoms with Crippen molar-refractivity contribution in [3.05, 3.63) is 96.1 Å². The van der Waals surface area contributed by atoms with Gasteiger partial charge in [-0.3, -0.25) is 9.79 Å². The first-order valence-electron chi connectivity index (χ1n) is 9.29. The van der Waals surface area contributed by atoms with Crippen LogP contribution in [-0.4, -0.2) is 23.8 Å². The summed E-state index contributed by atoms with van der Waals surface area (Å²) in [6, 6.07) is 25.1. The number of carbonyl (C=O) groups is 1. The summed E-state index contributed by atoms with van der Waals surface area (Å²) >= 11 is 0. The lowest BCUT2D eigenvalue weighted by Crippen LogP contribution is -2.17. The number of ether oxygens (including phenoxy) is 1. The van der Waals surface area contributed by atoms with Crippen molar-refractivity contribution in [2.75, 3.05) is 11.9 Å². The minimum absolute atomic E-state index is 0.0638. The van der Waals surface area contributed by atoms with Crippen LogP contribution in [0.15, 0.2) is 95.5 Å². The third kappa shape index (κ3) is 5.56. The first-order chi connectivity index (χ1) is 14.2. The van der Waals surface area contributed by atoms with Crippen molar-refractivity contribution in [2.45, 2.75) is 6.92 Å². The van der Waals surface area contributed by atoms with Gasteiger partial charge in [-0.15, -0.1) is 0 Å². The Hall–Kier alpha value is -3.86. The summed E-state index contributed by atoms with van der Waals surface area (Å²) < 4.78 is 5.42. The maximum Gasteiger partial charge on any atom is 0.261 e. The first-order valence-corrected chi connectivity index (χ1v) is 9.29. The summed E-state index contributed by atoms with van der Waals surface area (Å²) in [6.45, 7) is 2.50. The fourth-order valence-electron chi connectivity index (χ4n) is 2.63. The zero-order valence-electron chi connectivity index (χ0n) is 16.1. The minimum Gasteiger partial charge on any atom is -0.506 e. The monoisotopic (exact) mass is 386 g/mol. The van der Waals surface area contributed by atoms with Crippen LogP contribution in [0.2, 0.25) is 0 Å². The number of hydrogen-bond acceptors (Lipinski definition) is 4. The summed E-state index contributed by atoms with van der Waals surface area (Å²) in [5.41, 5.74) is 1.86. The highest BCUT2D eigenvalue weighted by Crippen LogP contribution is 2.20. The quantitative estimate of drug-likeness (QED) is 0.325. The van der Waals surface area contributed by atoms with Crippen LogP contribution in [0.1, 0.15) is 12.5 Å². The molecule has 0 saturated carbocycles. The highest BCUT2D eigenvalue weighted by Gasteiger charge is 2.15. The maximum atomic E-state index is 12.8. The fraction of sp³-hybridized carbons (Fsp3) is 0.0833. The molecule has 0 aliphatic carbocycles. The summed E-state index contributed by atoms with van der Waals surface area (Å²) in [4.78, 5) is 17.2. The number of rotatable bonds is 7. The number of carbonyl (C=O) groups excluding carboxylic acids is 1. The van der Waals surface area contributed by atoms with E-state index in [0.717, 1.165) is 5.75 Å². The number of aliphatic hydroxyl groups excluding tert-OH is 1. The highest BCUT2D eigenvalue weighted by molar-refractivity contribution is 6.22. The largest absolute Gasteiger partial charge is 0.506 e. The molecule has 0 fully saturated rings. The molecule has 0 aromatic heterocycles. The van der Waals surface area contributed by atoms with Crippen molar-refractivity contribution < 1.29 is 14.6 Å². The molecule has 0 radical (unpaired) electrons. The SMILES string of the molecule is CCOc1ccc(N=CC(C(=O)Nc2ccccc2)=C(O)c2ccccc2)cc1. The number of para-hydroxylation sites is 1. The summed E-state index contributed by atoms with van der Waals surface area (Å²) in [5, 5.41) is 13.5. The smallest absolute Gasteiger partial charge is 0.261 e. The van der Waals surface area contributed by atoms with Crippen molar-refractivity contribution in [3.8, 4) is 5.75 Å². The first kappa shape index (κ1) is 19.9. The van der Waals surface area contributed by atoms with E-state index in [1.807, 2.05) is 31.2 Å². The van der Waals surface area contributed by atoms with E-state index in [9.17, 15) is 9.90 Å². The molecule has 0 saturated heterocycles. The molecule has 0 aliphatic rings. The van der Waals surface area contributed by atoms with Crippen LogP contribution in [0.5, 0.6) is 5.75 Å². The Kier molecular flexibility index (Phi) is 6.79. The lowest BCUT2D eigenvalue weighted by molar-refractivity contribution is -0.112. The van der Waals surface area contributed by atoms with E-state index in [1.165, 1.54) is 6.21 Å². The Morgan fingerprint density at radius 3 is 2.21 bits per heavy atom. The maximum absolute atomic E-state index is 12.8. The Morgan fingerprint density at radius 1 is 0.966 bits per heavy atom. The lowest BCUT2D eigenvalue weighted by Gasteiger charge is -2.09. The number of amides is 1.